The van der Waals surface area contributed by atoms with Gasteiger partial charge in [0.05, 0.1) is 23.3 Å². The summed E-state index contributed by atoms with van der Waals surface area (Å²) in [5.41, 5.74) is -0.442. The van der Waals surface area contributed by atoms with Gasteiger partial charge in [-0.05, 0) is 24.3 Å². The Hall–Kier alpha value is -2.59. The molecule has 10 heteroatoms. The largest absolute Gasteiger partial charge is 0.497 e. The van der Waals surface area contributed by atoms with Crippen LogP contribution in [0.3, 0.4) is 0 Å². The number of carbonyl (C=O) groups is 2. The van der Waals surface area contributed by atoms with E-state index in [2.05, 4.69) is 4.72 Å². The van der Waals surface area contributed by atoms with Crippen LogP contribution < -0.4 is 9.46 Å². The predicted octanol–water partition coefficient (Wildman–Crippen LogP) is 1.95. The van der Waals surface area contributed by atoms with Gasteiger partial charge in [0.1, 0.15) is 10.6 Å². The lowest BCUT2D eigenvalue weighted by Gasteiger charge is -2.10. The number of hydrogen-bond acceptors (Lipinski definition) is 6. The van der Waals surface area contributed by atoms with Crippen molar-refractivity contribution in [3.05, 3.63) is 40.1 Å². The lowest BCUT2D eigenvalue weighted by atomic mass is 10.2. The molecule has 2 rings (SSSR count). The zero-order valence-electron chi connectivity index (χ0n) is 11.6. The Morgan fingerprint density at radius 1 is 1.17 bits per heavy atom. The number of rotatable bonds is 6. The summed E-state index contributed by atoms with van der Waals surface area (Å²) in [6, 6.07) is 4.83. The number of ether oxygens (including phenoxy) is 1. The van der Waals surface area contributed by atoms with E-state index in [9.17, 15) is 18.0 Å². The number of carboxylic acids is 2. The van der Waals surface area contributed by atoms with Crippen LogP contribution in [0.2, 0.25) is 0 Å². The number of thiophene rings is 1. The summed E-state index contributed by atoms with van der Waals surface area (Å²) in [5.74, 6) is -2.32. The number of aromatic carboxylic acids is 2. The minimum atomic E-state index is -4.11. The normalized spacial score (nSPS) is 11.0. The van der Waals surface area contributed by atoms with Crippen molar-refractivity contribution in [2.24, 2.45) is 0 Å². The Morgan fingerprint density at radius 3 is 2.39 bits per heavy atom. The third-order valence-corrected chi connectivity index (χ3v) is 5.21. The highest BCUT2D eigenvalue weighted by Gasteiger charge is 2.21. The number of benzene rings is 1. The van der Waals surface area contributed by atoms with Gasteiger partial charge in [0.25, 0.3) is 10.0 Å². The van der Waals surface area contributed by atoms with Gasteiger partial charge in [-0.25, -0.2) is 18.0 Å². The lowest BCUT2D eigenvalue weighted by Crippen LogP contribution is -2.15. The molecular formula is C13H11NO7S2. The second-order valence-electron chi connectivity index (χ2n) is 4.27. The van der Waals surface area contributed by atoms with Crippen LogP contribution in [0.5, 0.6) is 5.75 Å². The Bertz CT molecular complexity index is 870. The van der Waals surface area contributed by atoms with Gasteiger partial charge in [-0.2, -0.15) is 0 Å². The van der Waals surface area contributed by atoms with Crippen molar-refractivity contribution in [1.82, 2.24) is 0 Å². The molecule has 8 nitrogen and oxygen atoms in total. The molecule has 0 aliphatic heterocycles. The molecule has 1 aromatic heterocycles. The summed E-state index contributed by atoms with van der Waals surface area (Å²) in [6.45, 7) is 0. The molecule has 0 radical (unpaired) electrons. The van der Waals surface area contributed by atoms with Crippen molar-refractivity contribution in [1.29, 1.82) is 0 Å². The van der Waals surface area contributed by atoms with Crippen LogP contribution in [-0.2, 0) is 10.0 Å². The first kappa shape index (κ1) is 16.8. The Labute approximate surface area is 135 Å². The van der Waals surface area contributed by atoms with Crippen LogP contribution in [0, 0.1) is 0 Å². The van der Waals surface area contributed by atoms with Gasteiger partial charge in [-0.3, -0.25) is 4.72 Å². The van der Waals surface area contributed by atoms with Gasteiger partial charge in [-0.1, -0.05) is 0 Å². The molecule has 3 N–H and O–H groups in total. The highest BCUT2D eigenvalue weighted by molar-refractivity contribution is 7.92. The third kappa shape index (κ3) is 3.60. The van der Waals surface area contributed by atoms with Crippen molar-refractivity contribution in [3.8, 4) is 5.75 Å². The molecule has 1 heterocycles. The fraction of sp³-hybridized carbons (Fsp3) is 0.0769. The van der Waals surface area contributed by atoms with E-state index >= 15 is 0 Å². The Morgan fingerprint density at radius 2 is 1.87 bits per heavy atom. The van der Waals surface area contributed by atoms with Gasteiger partial charge in [-0.15, -0.1) is 11.3 Å². The summed E-state index contributed by atoms with van der Waals surface area (Å²) >= 11 is 0.757. The topological polar surface area (TPSA) is 130 Å². The predicted molar refractivity (Wildman–Crippen MR) is 82.0 cm³/mol. The minimum Gasteiger partial charge on any atom is -0.497 e. The average molecular weight is 357 g/mol. The molecule has 0 aliphatic carbocycles. The minimum absolute atomic E-state index is 0.140. The number of carboxylic acid groups (broad SMARTS) is 2. The fourth-order valence-corrected chi connectivity index (χ4v) is 3.88. The van der Waals surface area contributed by atoms with Crippen molar-refractivity contribution in [2.75, 3.05) is 11.8 Å². The van der Waals surface area contributed by atoms with Crippen LogP contribution in [0.4, 0.5) is 5.69 Å². The molecule has 0 atom stereocenters. The highest BCUT2D eigenvalue weighted by Crippen LogP contribution is 2.26. The van der Waals surface area contributed by atoms with E-state index in [1.165, 1.54) is 25.3 Å². The van der Waals surface area contributed by atoms with Crippen LogP contribution in [0.25, 0.3) is 0 Å². The molecule has 2 aromatic rings. The summed E-state index contributed by atoms with van der Waals surface area (Å²) < 4.78 is 31.5. The van der Waals surface area contributed by atoms with Gasteiger partial charge in [0, 0.05) is 5.38 Å². The molecule has 0 spiro atoms. The smallest absolute Gasteiger partial charge is 0.345 e. The molecule has 0 amide bonds. The first-order valence-corrected chi connectivity index (χ1v) is 8.37. The molecule has 0 saturated heterocycles. The van der Waals surface area contributed by atoms with E-state index in [1.54, 1.807) is 0 Å². The zero-order valence-corrected chi connectivity index (χ0v) is 13.3. The van der Waals surface area contributed by atoms with Gasteiger partial charge in [0.2, 0.25) is 0 Å². The number of methoxy groups -OCH3 is 1. The molecule has 0 fully saturated rings. The van der Waals surface area contributed by atoms with E-state index in [0.29, 0.717) is 0 Å². The third-order valence-electron chi connectivity index (χ3n) is 2.80. The molecule has 0 bridgehead atoms. The number of nitrogens with one attached hydrogen (secondary N) is 1. The van der Waals surface area contributed by atoms with Crippen molar-refractivity contribution in [3.63, 3.8) is 0 Å². The van der Waals surface area contributed by atoms with E-state index < -0.39 is 22.0 Å². The Balaban J connectivity index is 2.40. The van der Waals surface area contributed by atoms with Crippen molar-refractivity contribution >= 4 is 39.0 Å². The second kappa shape index (κ2) is 6.26. The van der Waals surface area contributed by atoms with Crippen molar-refractivity contribution in [2.45, 2.75) is 4.90 Å². The molecule has 122 valence electrons. The fourth-order valence-electron chi connectivity index (χ4n) is 1.69. The van der Waals surface area contributed by atoms with E-state index in [4.69, 9.17) is 14.9 Å². The van der Waals surface area contributed by atoms with E-state index in [1.807, 2.05) is 0 Å². The SMILES string of the molecule is COc1ccc(NS(=O)(=O)c2csc(C(=O)O)c2)c(C(=O)O)c1. The average Bonchev–Trinajstić information content (AvgIpc) is 2.98. The molecule has 0 saturated carbocycles. The number of sulfonamides is 1. The molecule has 23 heavy (non-hydrogen) atoms. The van der Waals surface area contributed by atoms with Crippen LogP contribution in [0.15, 0.2) is 34.5 Å². The monoisotopic (exact) mass is 357 g/mol. The maximum absolute atomic E-state index is 12.2. The molecule has 0 aliphatic rings. The first-order valence-electron chi connectivity index (χ1n) is 6.00. The van der Waals surface area contributed by atoms with Crippen LogP contribution >= 0.6 is 11.3 Å². The summed E-state index contributed by atoms with van der Waals surface area (Å²) in [5, 5.41) is 19.2. The maximum Gasteiger partial charge on any atom is 0.345 e. The van der Waals surface area contributed by atoms with E-state index in [-0.39, 0.29) is 26.8 Å². The molecule has 0 unspecified atom stereocenters. The molecular weight excluding hydrogens is 346 g/mol. The highest BCUT2D eigenvalue weighted by atomic mass is 32.2. The zero-order chi connectivity index (χ0) is 17.2. The lowest BCUT2D eigenvalue weighted by molar-refractivity contribution is 0.0688. The summed E-state index contributed by atoms with van der Waals surface area (Å²) in [4.78, 5) is 21.7. The standard InChI is InChI=1S/C13H11NO7S2/c1-21-7-2-3-10(9(4-7)12(15)16)14-23(19,20)8-5-11(13(17)18)22-6-8/h2-6,14H,1H3,(H,15,16)(H,17,18). The Kier molecular flexibility index (Phi) is 4.57. The first-order chi connectivity index (χ1) is 10.7. The van der Waals surface area contributed by atoms with E-state index in [0.717, 1.165) is 22.8 Å². The quantitative estimate of drug-likeness (QED) is 0.720. The van der Waals surface area contributed by atoms with Crippen LogP contribution in [0.1, 0.15) is 20.0 Å². The van der Waals surface area contributed by atoms with Crippen molar-refractivity contribution < 1.29 is 33.0 Å². The molecule has 1 aromatic carbocycles. The number of anilines is 1. The van der Waals surface area contributed by atoms with Gasteiger partial charge >= 0.3 is 11.9 Å². The second-order valence-corrected chi connectivity index (χ2v) is 6.87. The summed E-state index contributed by atoms with van der Waals surface area (Å²) in [7, 11) is -2.76. The summed E-state index contributed by atoms with van der Waals surface area (Å²) in [6.07, 6.45) is 0. The number of hydrogen-bond donors (Lipinski definition) is 3. The maximum atomic E-state index is 12.2. The van der Waals surface area contributed by atoms with Gasteiger partial charge < -0.3 is 14.9 Å². The van der Waals surface area contributed by atoms with Gasteiger partial charge in [0.15, 0.2) is 0 Å². The van der Waals surface area contributed by atoms with Crippen LogP contribution in [-0.4, -0.2) is 37.7 Å².